The third-order valence-electron chi connectivity index (χ3n) is 4.82. The summed E-state index contributed by atoms with van der Waals surface area (Å²) in [5.41, 5.74) is 3.27. The van der Waals surface area contributed by atoms with Crippen LogP contribution in [0.5, 0.6) is 5.75 Å². The highest BCUT2D eigenvalue weighted by atomic mass is 32.1. The Kier molecular flexibility index (Phi) is 5.48. The molecule has 0 saturated heterocycles. The van der Waals surface area contributed by atoms with Gasteiger partial charge in [-0.2, -0.15) is 5.10 Å². The van der Waals surface area contributed by atoms with E-state index in [1.165, 1.54) is 19.3 Å². The molecule has 0 atom stereocenters. The fraction of sp³-hybridized carbons (Fsp3) is 0.350. The Morgan fingerprint density at radius 2 is 2.00 bits per heavy atom. The maximum absolute atomic E-state index is 12.6. The van der Waals surface area contributed by atoms with Gasteiger partial charge in [0.2, 0.25) is 0 Å². The molecule has 1 aliphatic rings. The van der Waals surface area contributed by atoms with Crippen LogP contribution in [0.3, 0.4) is 0 Å². The molecule has 0 unspecified atom stereocenters. The van der Waals surface area contributed by atoms with Gasteiger partial charge in [-0.3, -0.25) is 4.79 Å². The van der Waals surface area contributed by atoms with E-state index in [-0.39, 0.29) is 5.91 Å². The second kappa shape index (κ2) is 8.35. The molecule has 1 amide bonds. The lowest BCUT2D eigenvalue weighted by molar-refractivity contribution is 0.102. The van der Waals surface area contributed by atoms with Gasteiger partial charge in [0.25, 0.3) is 5.91 Å². The summed E-state index contributed by atoms with van der Waals surface area (Å²) in [5, 5.41) is 9.37. The van der Waals surface area contributed by atoms with Crippen LogP contribution in [0, 0.1) is 0 Å². The van der Waals surface area contributed by atoms with Crippen molar-refractivity contribution >= 4 is 23.1 Å². The molecule has 2 aromatic heterocycles. The summed E-state index contributed by atoms with van der Waals surface area (Å²) in [7, 11) is 0. The van der Waals surface area contributed by atoms with E-state index in [2.05, 4.69) is 15.4 Å². The number of amides is 1. The first-order valence-electron chi connectivity index (χ1n) is 9.24. The van der Waals surface area contributed by atoms with Crippen molar-refractivity contribution in [2.45, 2.75) is 44.8 Å². The molecule has 140 valence electrons. The molecule has 6 nitrogen and oxygen atoms in total. The van der Waals surface area contributed by atoms with Gasteiger partial charge in [-0.15, -0.1) is 11.3 Å². The molecule has 0 aliphatic heterocycles. The van der Waals surface area contributed by atoms with Crippen LogP contribution in [-0.2, 0) is 6.61 Å². The zero-order valence-corrected chi connectivity index (χ0v) is 15.8. The van der Waals surface area contributed by atoms with Crippen LogP contribution in [0.1, 0.15) is 54.2 Å². The van der Waals surface area contributed by atoms with E-state index in [1.807, 2.05) is 16.1 Å². The SMILES string of the molecule is O=C(Nc1ccnn1C1CCCCC1)c1ccc(OCc2cscn2)cc1. The number of anilines is 1. The number of carbonyl (C=O) groups is 1. The van der Waals surface area contributed by atoms with Crippen molar-refractivity contribution in [2.75, 3.05) is 5.32 Å². The molecule has 7 heteroatoms. The molecule has 1 aromatic carbocycles. The van der Waals surface area contributed by atoms with Gasteiger partial charge in [0.15, 0.2) is 0 Å². The Labute approximate surface area is 162 Å². The van der Waals surface area contributed by atoms with Crippen LogP contribution in [-0.4, -0.2) is 20.7 Å². The molecular formula is C20H22N4O2S. The number of hydrogen-bond donors (Lipinski definition) is 1. The highest BCUT2D eigenvalue weighted by Gasteiger charge is 2.19. The minimum absolute atomic E-state index is 0.140. The Bertz CT molecular complexity index is 868. The smallest absolute Gasteiger partial charge is 0.256 e. The lowest BCUT2D eigenvalue weighted by Crippen LogP contribution is -2.20. The summed E-state index contributed by atoms with van der Waals surface area (Å²) in [6.45, 7) is 0.426. The summed E-state index contributed by atoms with van der Waals surface area (Å²) in [6, 6.07) is 9.39. The zero-order chi connectivity index (χ0) is 18.5. The third-order valence-corrected chi connectivity index (χ3v) is 5.45. The largest absolute Gasteiger partial charge is 0.487 e. The van der Waals surface area contributed by atoms with Gasteiger partial charge in [-0.1, -0.05) is 19.3 Å². The molecule has 3 aromatic rings. The summed E-state index contributed by atoms with van der Waals surface area (Å²) < 4.78 is 7.65. The standard InChI is InChI=1S/C20H22N4O2S/c25-20(23-19-10-11-22-24(19)17-4-2-1-3-5-17)15-6-8-18(9-7-15)26-12-16-13-27-14-21-16/h6-11,13-14,17H,1-5,12H2,(H,23,25). The molecule has 4 rings (SSSR count). The van der Waals surface area contributed by atoms with E-state index in [0.29, 0.717) is 24.0 Å². The summed E-state index contributed by atoms with van der Waals surface area (Å²) in [5.74, 6) is 1.33. The third kappa shape index (κ3) is 4.36. The first-order valence-corrected chi connectivity index (χ1v) is 10.2. The summed E-state index contributed by atoms with van der Waals surface area (Å²) >= 11 is 1.54. The lowest BCUT2D eigenvalue weighted by atomic mass is 9.96. The van der Waals surface area contributed by atoms with E-state index in [9.17, 15) is 4.79 Å². The maximum atomic E-state index is 12.6. The van der Waals surface area contributed by atoms with Gasteiger partial charge < -0.3 is 10.1 Å². The number of nitrogens with zero attached hydrogens (tertiary/aromatic N) is 3. The molecule has 0 bridgehead atoms. The van der Waals surface area contributed by atoms with Gasteiger partial charge in [0.05, 0.1) is 23.4 Å². The minimum atomic E-state index is -0.140. The van der Waals surface area contributed by atoms with Crippen LogP contribution in [0.4, 0.5) is 5.82 Å². The quantitative estimate of drug-likeness (QED) is 0.672. The molecule has 0 radical (unpaired) electrons. The van der Waals surface area contributed by atoms with Crippen molar-refractivity contribution in [3.05, 3.63) is 58.7 Å². The summed E-state index contributed by atoms with van der Waals surface area (Å²) in [6.07, 6.45) is 7.72. The summed E-state index contributed by atoms with van der Waals surface area (Å²) in [4.78, 5) is 16.8. The number of ether oxygens (including phenoxy) is 1. The number of rotatable bonds is 6. The molecular weight excluding hydrogens is 360 g/mol. The number of hydrogen-bond acceptors (Lipinski definition) is 5. The van der Waals surface area contributed by atoms with Gasteiger partial charge >= 0.3 is 0 Å². The minimum Gasteiger partial charge on any atom is -0.487 e. The molecule has 2 heterocycles. The van der Waals surface area contributed by atoms with Crippen LogP contribution in [0.15, 0.2) is 47.4 Å². The highest BCUT2D eigenvalue weighted by molar-refractivity contribution is 7.07. The van der Waals surface area contributed by atoms with Crippen molar-refractivity contribution in [1.29, 1.82) is 0 Å². The number of nitrogens with one attached hydrogen (secondary N) is 1. The van der Waals surface area contributed by atoms with E-state index in [1.54, 1.807) is 47.3 Å². The van der Waals surface area contributed by atoms with E-state index in [4.69, 9.17) is 4.74 Å². The normalized spacial score (nSPS) is 14.8. The van der Waals surface area contributed by atoms with Crippen molar-refractivity contribution in [3.8, 4) is 5.75 Å². The second-order valence-electron chi connectivity index (χ2n) is 6.70. The average Bonchev–Trinajstić information content (AvgIpc) is 3.39. The molecule has 1 saturated carbocycles. The van der Waals surface area contributed by atoms with Gasteiger partial charge in [-0.25, -0.2) is 9.67 Å². The Hall–Kier alpha value is -2.67. The molecule has 0 spiro atoms. The fourth-order valence-corrected chi connectivity index (χ4v) is 3.93. The highest BCUT2D eigenvalue weighted by Crippen LogP contribution is 2.30. The number of thiazole rings is 1. The average molecular weight is 382 g/mol. The molecule has 1 N–H and O–H groups in total. The van der Waals surface area contributed by atoms with Gasteiger partial charge in [0.1, 0.15) is 18.2 Å². The zero-order valence-electron chi connectivity index (χ0n) is 15.0. The van der Waals surface area contributed by atoms with Crippen LogP contribution >= 0.6 is 11.3 Å². The van der Waals surface area contributed by atoms with E-state index < -0.39 is 0 Å². The van der Waals surface area contributed by atoms with Crippen LogP contribution < -0.4 is 10.1 Å². The van der Waals surface area contributed by atoms with Crippen LogP contribution in [0.25, 0.3) is 0 Å². The van der Waals surface area contributed by atoms with Crippen molar-refractivity contribution in [2.24, 2.45) is 0 Å². The predicted octanol–water partition coefficient (Wildman–Crippen LogP) is 4.68. The molecule has 27 heavy (non-hydrogen) atoms. The van der Waals surface area contributed by atoms with Gasteiger partial charge in [-0.05, 0) is 37.1 Å². The van der Waals surface area contributed by atoms with E-state index >= 15 is 0 Å². The fourth-order valence-electron chi connectivity index (χ4n) is 3.39. The number of benzene rings is 1. The lowest BCUT2D eigenvalue weighted by Gasteiger charge is -2.23. The molecule has 1 aliphatic carbocycles. The Morgan fingerprint density at radius 1 is 1.19 bits per heavy atom. The van der Waals surface area contributed by atoms with Gasteiger partial charge in [0, 0.05) is 17.0 Å². The number of carbonyl (C=O) groups excluding carboxylic acids is 1. The second-order valence-corrected chi connectivity index (χ2v) is 7.42. The predicted molar refractivity (Wildman–Crippen MR) is 105 cm³/mol. The van der Waals surface area contributed by atoms with E-state index in [0.717, 1.165) is 24.4 Å². The Balaban J connectivity index is 1.38. The topological polar surface area (TPSA) is 69.0 Å². The van der Waals surface area contributed by atoms with Crippen molar-refractivity contribution < 1.29 is 9.53 Å². The van der Waals surface area contributed by atoms with Crippen molar-refractivity contribution in [3.63, 3.8) is 0 Å². The maximum Gasteiger partial charge on any atom is 0.256 e. The van der Waals surface area contributed by atoms with Crippen LogP contribution in [0.2, 0.25) is 0 Å². The number of aromatic nitrogens is 3. The molecule has 1 fully saturated rings. The monoisotopic (exact) mass is 382 g/mol. The Morgan fingerprint density at radius 3 is 2.74 bits per heavy atom. The first-order chi connectivity index (χ1) is 13.3. The van der Waals surface area contributed by atoms with Crippen molar-refractivity contribution in [1.82, 2.24) is 14.8 Å². The first kappa shape index (κ1) is 17.7.